The second-order valence-electron chi connectivity index (χ2n) is 7.09. The summed E-state index contributed by atoms with van der Waals surface area (Å²) in [5.74, 6) is -0.182. The zero-order valence-corrected chi connectivity index (χ0v) is 15.2. The fraction of sp³-hybridized carbons (Fsp3) is 0.333. The van der Waals surface area contributed by atoms with E-state index in [0.717, 1.165) is 22.4 Å². The number of benzene rings is 2. The zero-order valence-electron chi connectivity index (χ0n) is 15.2. The van der Waals surface area contributed by atoms with Crippen molar-refractivity contribution in [2.45, 2.75) is 40.3 Å². The zero-order chi connectivity index (χ0) is 18.1. The molecule has 1 aliphatic heterocycles. The van der Waals surface area contributed by atoms with Gasteiger partial charge in [0.05, 0.1) is 0 Å². The lowest BCUT2D eigenvalue weighted by Gasteiger charge is -2.30. The second-order valence-corrected chi connectivity index (χ2v) is 7.09. The standard InChI is InChI=1S/C21H24N2O2/c1-13(2)19(20(24)22-18-11-14(3)9-10-15(18)4)23-12-16-7-5-6-8-17(16)21(23)25/h5-11,13,19H,12H2,1-4H3,(H,22,24)/t19-/m1/s1. The summed E-state index contributed by atoms with van der Waals surface area (Å²) < 4.78 is 0. The summed E-state index contributed by atoms with van der Waals surface area (Å²) in [4.78, 5) is 27.5. The molecule has 0 bridgehead atoms. The number of hydrogen-bond acceptors (Lipinski definition) is 2. The van der Waals surface area contributed by atoms with Crippen LogP contribution < -0.4 is 5.32 Å². The summed E-state index contributed by atoms with van der Waals surface area (Å²) in [7, 11) is 0. The van der Waals surface area contributed by atoms with Gasteiger partial charge in [0.1, 0.15) is 6.04 Å². The van der Waals surface area contributed by atoms with Gasteiger partial charge in [-0.15, -0.1) is 0 Å². The van der Waals surface area contributed by atoms with E-state index in [1.54, 1.807) is 4.90 Å². The highest BCUT2D eigenvalue weighted by Gasteiger charge is 2.37. The van der Waals surface area contributed by atoms with Gasteiger partial charge in [0.15, 0.2) is 0 Å². The molecule has 2 aromatic rings. The minimum absolute atomic E-state index is 0.0170. The van der Waals surface area contributed by atoms with Gasteiger partial charge in [-0.2, -0.15) is 0 Å². The van der Waals surface area contributed by atoms with Crippen LogP contribution in [0.25, 0.3) is 0 Å². The van der Waals surface area contributed by atoms with Crippen LogP contribution in [0.4, 0.5) is 5.69 Å². The van der Waals surface area contributed by atoms with Crippen molar-refractivity contribution in [1.82, 2.24) is 4.90 Å². The van der Waals surface area contributed by atoms with Gasteiger partial charge in [-0.3, -0.25) is 9.59 Å². The predicted octanol–water partition coefficient (Wildman–Crippen LogP) is 3.92. The number of anilines is 1. The molecular formula is C21H24N2O2. The Hall–Kier alpha value is -2.62. The number of nitrogens with one attached hydrogen (secondary N) is 1. The van der Waals surface area contributed by atoms with Crippen LogP contribution in [0.5, 0.6) is 0 Å². The van der Waals surface area contributed by atoms with E-state index < -0.39 is 6.04 Å². The second kappa shape index (κ2) is 6.71. The number of carbonyl (C=O) groups is 2. The molecule has 130 valence electrons. The molecular weight excluding hydrogens is 312 g/mol. The smallest absolute Gasteiger partial charge is 0.255 e. The summed E-state index contributed by atoms with van der Waals surface area (Å²) in [5, 5.41) is 3.02. The molecule has 1 heterocycles. The molecule has 2 aromatic carbocycles. The molecule has 1 atom stereocenters. The summed E-state index contributed by atoms with van der Waals surface area (Å²) in [6.07, 6.45) is 0. The van der Waals surface area contributed by atoms with Gasteiger partial charge in [-0.1, -0.05) is 44.2 Å². The largest absolute Gasteiger partial charge is 0.324 e. The Balaban J connectivity index is 1.86. The highest BCUT2D eigenvalue weighted by molar-refractivity contribution is 6.03. The molecule has 0 aliphatic carbocycles. The summed E-state index contributed by atoms with van der Waals surface area (Å²) >= 11 is 0. The minimum Gasteiger partial charge on any atom is -0.324 e. The van der Waals surface area contributed by atoms with Crippen LogP contribution in [-0.2, 0) is 11.3 Å². The molecule has 0 radical (unpaired) electrons. The molecule has 0 aromatic heterocycles. The first kappa shape index (κ1) is 17.2. The topological polar surface area (TPSA) is 49.4 Å². The average molecular weight is 336 g/mol. The van der Waals surface area contributed by atoms with Crippen LogP contribution in [0.1, 0.15) is 40.9 Å². The molecule has 3 rings (SSSR count). The number of fused-ring (bicyclic) bond motifs is 1. The Morgan fingerprint density at radius 2 is 1.84 bits per heavy atom. The normalized spacial score (nSPS) is 14.6. The lowest BCUT2D eigenvalue weighted by atomic mass is 10.0. The molecule has 2 amide bonds. The first-order chi connectivity index (χ1) is 11.9. The van der Waals surface area contributed by atoms with E-state index in [9.17, 15) is 9.59 Å². The van der Waals surface area contributed by atoms with E-state index in [2.05, 4.69) is 5.32 Å². The summed E-state index contributed by atoms with van der Waals surface area (Å²) in [6, 6.07) is 13.0. The Bertz CT molecular complexity index is 826. The first-order valence-electron chi connectivity index (χ1n) is 8.65. The molecule has 0 spiro atoms. The molecule has 4 nitrogen and oxygen atoms in total. The van der Waals surface area contributed by atoms with E-state index in [0.29, 0.717) is 12.1 Å². The fourth-order valence-corrected chi connectivity index (χ4v) is 3.38. The molecule has 4 heteroatoms. The highest BCUT2D eigenvalue weighted by Crippen LogP contribution is 2.28. The van der Waals surface area contributed by atoms with E-state index >= 15 is 0 Å². The van der Waals surface area contributed by atoms with Crippen molar-refractivity contribution in [3.63, 3.8) is 0 Å². The SMILES string of the molecule is Cc1ccc(C)c(NC(=O)[C@@H](C(C)C)N2Cc3ccccc3C2=O)c1. The van der Waals surface area contributed by atoms with Crippen molar-refractivity contribution in [3.05, 3.63) is 64.7 Å². The number of hydrogen-bond donors (Lipinski definition) is 1. The predicted molar refractivity (Wildman–Crippen MR) is 99.5 cm³/mol. The van der Waals surface area contributed by atoms with Gasteiger partial charge in [0.2, 0.25) is 5.91 Å². The Kier molecular flexibility index (Phi) is 4.62. The third-order valence-electron chi connectivity index (χ3n) is 4.74. The van der Waals surface area contributed by atoms with E-state index in [-0.39, 0.29) is 17.7 Å². The molecule has 0 unspecified atom stereocenters. The third-order valence-corrected chi connectivity index (χ3v) is 4.74. The van der Waals surface area contributed by atoms with Crippen molar-refractivity contribution in [3.8, 4) is 0 Å². The molecule has 1 aliphatic rings. The van der Waals surface area contributed by atoms with Crippen molar-refractivity contribution in [2.75, 3.05) is 5.32 Å². The maximum atomic E-state index is 13.0. The Morgan fingerprint density at radius 1 is 1.12 bits per heavy atom. The fourth-order valence-electron chi connectivity index (χ4n) is 3.38. The molecule has 25 heavy (non-hydrogen) atoms. The van der Waals surface area contributed by atoms with Crippen LogP contribution in [0.15, 0.2) is 42.5 Å². The van der Waals surface area contributed by atoms with Crippen molar-refractivity contribution in [1.29, 1.82) is 0 Å². The Labute approximate surface area is 148 Å². The molecule has 0 fully saturated rings. The first-order valence-corrected chi connectivity index (χ1v) is 8.65. The molecule has 0 saturated heterocycles. The van der Waals surface area contributed by atoms with Crippen LogP contribution in [0.2, 0.25) is 0 Å². The number of amides is 2. The highest BCUT2D eigenvalue weighted by atomic mass is 16.2. The van der Waals surface area contributed by atoms with Crippen molar-refractivity contribution >= 4 is 17.5 Å². The summed E-state index contributed by atoms with van der Waals surface area (Å²) in [6.45, 7) is 8.40. The van der Waals surface area contributed by atoms with Crippen LogP contribution in [0.3, 0.4) is 0 Å². The van der Waals surface area contributed by atoms with Gasteiger partial charge >= 0.3 is 0 Å². The van der Waals surface area contributed by atoms with Gasteiger partial charge in [-0.25, -0.2) is 0 Å². The lowest BCUT2D eigenvalue weighted by molar-refractivity contribution is -0.122. The maximum absolute atomic E-state index is 13.0. The number of rotatable bonds is 4. The van der Waals surface area contributed by atoms with Gasteiger partial charge in [-0.05, 0) is 48.6 Å². The van der Waals surface area contributed by atoms with Gasteiger partial charge in [0.25, 0.3) is 5.91 Å². The molecule has 0 saturated carbocycles. The van der Waals surface area contributed by atoms with E-state index in [1.807, 2.05) is 70.2 Å². The van der Waals surface area contributed by atoms with E-state index in [1.165, 1.54) is 0 Å². The van der Waals surface area contributed by atoms with Crippen molar-refractivity contribution in [2.24, 2.45) is 5.92 Å². The van der Waals surface area contributed by atoms with Crippen molar-refractivity contribution < 1.29 is 9.59 Å². The minimum atomic E-state index is -0.500. The monoisotopic (exact) mass is 336 g/mol. The van der Waals surface area contributed by atoms with Gasteiger partial charge < -0.3 is 10.2 Å². The Morgan fingerprint density at radius 3 is 2.52 bits per heavy atom. The third kappa shape index (κ3) is 3.29. The maximum Gasteiger partial charge on any atom is 0.255 e. The average Bonchev–Trinajstić information content (AvgIpc) is 2.88. The number of carbonyl (C=O) groups excluding carboxylic acids is 2. The van der Waals surface area contributed by atoms with Crippen LogP contribution in [-0.4, -0.2) is 22.8 Å². The van der Waals surface area contributed by atoms with Gasteiger partial charge in [0, 0.05) is 17.8 Å². The number of nitrogens with zero attached hydrogens (tertiary/aromatic N) is 1. The summed E-state index contributed by atoms with van der Waals surface area (Å²) in [5.41, 5.74) is 4.59. The number of aryl methyl sites for hydroxylation is 2. The van der Waals surface area contributed by atoms with Crippen LogP contribution in [0, 0.1) is 19.8 Å². The molecule has 1 N–H and O–H groups in total. The van der Waals surface area contributed by atoms with Crippen LogP contribution >= 0.6 is 0 Å². The lowest BCUT2D eigenvalue weighted by Crippen LogP contribution is -2.47. The van der Waals surface area contributed by atoms with E-state index in [4.69, 9.17) is 0 Å². The quantitative estimate of drug-likeness (QED) is 0.920.